The van der Waals surface area contributed by atoms with Gasteiger partial charge in [0.05, 0.1) is 7.11 Å². The van der Waals surface area contributed by atoms with E-state index in [0.717, 1.165) is 0 Å². The minimum Gasteiger partial charge on any atom is -0.466 e. The summed E-state index contributed by atoms with van der Waals surface area (Å²) in [6, 6.07) is 18.6. The summed E-state index contributed by atoms with van der Waals surface area (Å²) in [6.45, 7) is 0. The summed E-state index contributed by atoms with van der Waals surface area (Å²) in [5.41, 5.74) is 0.116. The molecule has 2 aromatic carbocycles. The molecule has 0 aliphatic carbocycles. The van der Waals surface area contributed by atoms with Gasteiger partial charge in [-0.3, -0.25) is 0 Å². The number of ether oxygens (including phenoxy) is 1. The first-order chi connectivity index (χ1) is 12.6. The van der Waals surface area contributed by atoms with E-state index in [1.54, 1.807) is 6.20 Å². The van der Waals surface area contributed by atoms with Crippen LogP contribution in [0.25, 0.3) is 0 Å². The average Bonchev–Trinajstić information content (AvgIpc) is 2.73. The SMILES string of the molecule is COC(=O)/C=C/N1C=CC(P(=S)(c2ccccc2)c2ccccc2)C=C1. The third-order valence-electron chi connectivity index (χ3n) is 4.19. The minimum atomic E-state index is -2.05. The third-order valence-corrected chi connectivity index (χ3v) is 9.50. The summed E-state index contributed by atoms with van der Waals surface area (Å²) in [5.74, 6) is -0.382. The van der Waals surface area contributed by atoms with E-state index in [1.165, 1.54) is 23.8 Å². The van der Waals surface area contributed by atoms with Crippen LogP contribution in [0.4, 0.5) is 0 Å². The second kappa shape index (κ2) is 8.31. The fourth-order valence-electron chi connectivity index (χ4n) is 2.84. The number of nitrogens with zero attached hydrogens (tertiary/aromatic N) is 1. The Balaban J connectivity index is 1.94. The maximum absolute atomic E-state index is 11.3. The fourth-order valence-corrected chi connectivity index (χ4v) is 6.85. The van der Waals surface area contributed by atoms with Crippen LogP contribution in [-0.4, -0.2) is 23.6 Å². The Kier molecular flexibility index (Phi) is 5.87. The zero-order chi connectivity index (χ0) is 18.4. The van der Waals surface area contributed by atoms with E-state index in [0.29, 0.717) is 0 Å². The molecular weight excluding hydrogens is 361 g/mol. The van der Waals surface area contributed by atoms with Gasteiger partial charge in [0, 0.05) is 36.4 Å². The first kappa shape index (κ1) is 18.4. The molecule has 132 valence electrons. The number of allylic oxidation sites excluding steroid dienone is 2. The highest BCUT2D eigenvalue weighted by Crippen LogP contribution is 2.50. The highest BCUT2D eigenvalue weighted by atomic mass is 32.4. The Bertz CT molecular complexity index is 833. The van der Waals surface area contributed by atoms with Crippen LogP contribution in [0.3, 0.4) is 0 Å². The third kappa shape index (κ3) is 3.87. The molecule has 0 fully saturated rings. The summed E-state index contributed by atoms with van der Waals surface area (Å²) >= 11 is 6.32. The highest BCUT2D eigenvalue weighted by Gasteiger charge is 2.29. The van der Waals surface area contributed by atoms with Gasteiger partial charge in [-0.05, 0) is 10.6 Å². The van der Waals surface area contributed by atoms with Crippen LogP contribution in [0.15, 0.2) is 97.5 Å². The van der Waals surface area contributed by atoms with Crippen LogP contribution in [0, 0.1) is 0 Å². The Hall–Kier alpha value is -2.42. The van der Waals surface area contributed by atoms with Crippen molar-refractivity contribution < 1.29 is 9.53 Å². The minimum absolute atomic E-state index is 0.116. The molecular formula is C21H20NO2PS. The Labute approximate surface area is 159 Å². The predicted molar refractivity (Wildman–Crippen MR) is 112 cm³/mol. The molecule has 0 N–H and O–H groups in total. The van der Waals surface area contributed by atoms with Crippen molar-refractivity contribution in [2.24, 2.45) is 0 Å². The number of methoxy groups -OCH3 is 1. The number of hydrogen-bond acceptors (Lipinski definition) is 4. The number of carbonyl (C=O) groups is 1. The van der Waals surface area contributed by atoms with Gasteiger partial charge in [0.25, 0.3) is 0 Å². The smallest absolute Gasteiger partial charge is 0.331 e. The Morgan fingerprint density at radius 2 is 1.50 bits per heavy atom. The van der Waals surface area contributed by atoms with Gasteiger partial charge in [0.2, 0.25) is 0 Å². The van der Waals surface area contributed by atoms with Gasteiger partial charge >= 0.3 is 5.97 Å². The number of rotatable bonds is 5. The molecule has 1 heterocycles. The normalized spacial score (nSPS) is 14.7. The quantitative estimate of drug-likeness (QED) is 0.450. The molecule has 5 heteroatoms. The molecule has 2 aromatic rings. The lowest BCUT2D eigenvalue weighted by Crippen LogP contribution is -2.25. The van der Waals surface area contributed by atoms with Crippen molar-refractivity contribution in [2.45, 2.75) is 5.66 Å². The van der Waals surface area contributed by atoms with E-state index in [2.05, 4.69) is 41.2 Å². The van der Waals surface area contributed by atoms with Crippen LogP contribution in [0.2, 0.25) is 0 Å². The van der Waals surface area contributed by atoms with Gasteiger partial charge in [0.15, 0.2) is 0 Å². The molecule has 0 unspecified atom stereocenters. The summed E-state index contributed by atoms with van der Waals surface area (Å²) in [4.78, 5) is 13.1. The lowest BCUT2D eigenvalue weighted by molar-refractivity contribution is -0.134. The summed E-state index contributed by atoms with van der Waals surface area (Å²) in [6.07, 6.45) is 11.2. The van der Waals surface area contributed by atoms with Crippen LogP contribution >= 0.6 is 6.04 Å². The van der Waals surface area contributed by atoms with E-state index in [9.17, 15) is 4.79 Å². The maximum atomic E-state index is 11.3. The molecule has 0 saturated heterocycles. The van der Waals surface area contributed by atoms with Crippen LogP contribution in [-0.2, 0) is 21.3 Å². The lowest BCUT2D eigenvalue weighted by atomic mass is 10.3. The van der Waals surface area contributed by atoms with Crippen LogP contribution in [0.1, 0.15) is 0 Å². The lowest BCUT2D eigenvalue weighted by Gasteiger charge is -2.31. The van der Waals surface area contributed by atoms with Crippen molar-refractivity contribution in [3.63, 3.8) is 0 Å². The number of esters is 1. The first-order valence-electron chi connectivity index (χ1n) is 8.26. The van der Waals surface area contributed by atoms with Crippen molar-refractivity contribution >= 4 is 34.4 Å². The average molecular weight is 381 g/mol. The van der Waals surface area contributed by atoms with Gasteiger partial charge in [-0.1, -0.05) is 84.6 Å². The van der Waals surface area contributed by atoms with E-state index in [-0.39, 0.29) is 11.6 Å². The molecule has 1 aliphatic heterocycles. The molecule has 26 heavy (non-hydrogen) atoms. The van der Waals surface area contributed by atoms with Crippen molar-refractivity contribution in [3.05, 3.63) is 97.5 Å². The van der Waals surface area contributed by atoms with Gasteiger partial charge in [-0.25, -0.2) is 4.79 Å². The summed E-state index contributed by atoms with van der Waals surface area (Å²) < 4.78 is 4.62. The van der Waals surface area contributed by atoms with Gasteiger partial charge in [0.1, 0.15) is 0 Å². The number of hydrogen-bond donors (Lipinski definition) is 0. The van der Waals surface area contributed by atoms with E-state index >= 15 is 0 Å². The Morgan fingerprint density at radius 1 is 1.00 bits per heavy atom. The second-order valence-electron chi connectivity index (χ2n) is 5.79. The molecule has 0 saturated carbocycles. The van der Waals surface area contributed by atoms with Crippen LogP contribution in [0.5, 0.6) is 0 Å². The zero-order valence-corrected chi connectivity index (χ0v) is 16.1. The monoisotopic (exact) mass is 381 g/mol. The largest absolute Gasteiger partial charge is 0.466 e. The molecule has 1 aliphatic rings. The summed E-state index contributed by atoms with van der Waals surface area (Å²) in [5, 5.41) is 2.39. The number of carbonyl (C=O) groups excluding carboxylic acids is 1. The van der Waals surface area contributed by atoms with E-state index < -0.39 is 6.04 Å². The second-order valence-corrected chi connectivity index (χ2v) is 10.5. The topological polar surface area (TPSA) is 29.5 Å². The van der Waals surface area contributed by atoms with Crippen molar-refractivity contribution in [1.29, 1.82) is 0 Å². The maximum Gasteiger partial charge on any atom is 0.331 e. The van der Waals surface area contributed by atoms with Crippen LogP contribution < -0.4 is 10.6 Å². The highest BCUT2D eigenvalue weighted by molar-refractivity contribution is 8.22. The molecule has 0 aromatic heterocycles. The zero-order valence-electron chi connectivity index (χ0n) is 14.4. The van der Waals surface area contributed by atoms with Gasteiger partial charge in [-0.2, -0.15) is 0 Å². The van der Waals surface area contributed by atoms with Gasteiger partial charge < -0.3 is 9.64 Å². The fraction of sp³-hybridized carbons (Fsp3) is 0.0952. The molecule has 3 rings (SSSR count). The molecule has 0 spiro atoms. The molecule has 0 atom stereocenters. The van der Waals surface area contributed by atoms with E-state index in [1.807, 2.05) is 53.7 Å². The molecule has 0 bridgehead atoms. The molecule has 3 nitrogen and oxygen atoms in total. The molecule has 0 radical (unpaired) electrons. The van der Waals surface area contributed by atoms with Crippen molar-refractivity contribution in [3.8, 4) is 0 Å². The van der Waals surface area contributed by atoms with E-state index in [4.69, 9.17) is 11.8 Å². The van der Waals surface area contributed by atoms with Crippen molar-refractivity contribution in [2.75, 3.05) is 7.11 Å². The number of benzene rings is 2. The molecule has 0 amide bonds. The summed E-state index contributed by atoms with van der Waals surface area (Å²) in [7, 11) is 1.36. The van der Waals surface area contributed by atoms with Gasteiger partial charge in [-0.15, -0.1) is 0 Å². The predicted octanol–water partition coefficient (Wildman–Crippen LogP) is 3.52. The van der Waals surface area contributed by atoms with Crippen molar-refractivity contribution in [1.82, 2.24) is 4.90 Å². The Morgan fingerprint density at radius 3 is 1.96 bits per heavy atom. The first-order valence-corrected chi connectivity index (χ1v) is 11.1. The standard InChI is InChI=1S/C21H20NO2PS/c1-24-21(23)14-17-22-15-12-20(13-16-22)25(26,18-8-4-2-5-9-18)19-10-6-3-7-11-19/h2-17,20H,1H3/b17-14+.